The molecule has 2 heterocycles. The molecule has 0 atom stereocenters. The molecule has 0 saturated carbocycles. The summed E-state index contributed by atoms with van der Waals surface area (Å²) in [6, 6.07) is 10.8. The largest absolute Gasteiger partial charge is 0.388 e. The van der Waals surface area contributed by atoms with Crippen molar-refractivity contribution in [2.75, 3.05) is 0 Å². The molecule has 19 heavy (non-hydrogen) atoms. The first-order valence-electron chi connectivity index (χ1n) is 5.51. The maximum atomic E-state index is 11.9. The number of fused-ring (bicyclic) bond motifs is 1. The second-order valence-electron chi connectivity index (χ2n) is 3.79. The molecule has 0 fully saturated rings. The standard InChI is InChI=1S/C13H8IN3O2/c14-9-6-7-15-11-10(9)16-13(17-11)19-12(18)8-4-2-1-3-5-8/h1-7H,(H,15,16,17). The number of carbonyl (C=O) groups is 1. The van der Waals surface area contributed by atoms with Gasteiger partial charge in [-0.05, 0) is 40.8 Å². The molecule has 0 aliphatic rings. The van der Waals surface area contributed by atoms with E-state index < -0.39 is 5.97 Å². The van der Waals surface area contributed by atoms with E-state index in [9.17, 15) is 4.79 Å². The van der Waals surface area contributed by atoms with E-state index in [1.54, 1.807) is 30.5 Å². The van der Waals surface area contributed by atoms with Crippen molar-refractivity contribution in [2.24, 2.45) is 0 Å². The zero-order valence-electron chi connectivity index (χ0n) is 9.63. The molecule has 0 aliphatic carbocycles. The molecule has 1 aromatic carbocycles. The van der Waals surface area contributed by atoms with Gasteiger partial charge in [0.05, 0.1) is 5.56 Å². The van der Waals surface area contributed by atoms with Crippen LogP contribution in [0.2, 0.25) is 0 Å². The molecule has 0 unspecified atom stereocenters. The van der Waals surface area contributed by atoms with Gasteiger partial charge >= 0.3 is 12.0 Å². The van der Waals surface area contributed by atoms with Crippen molar-refractivity contribution in [1.29, 1.82) is 0 Å². The quantitative estimate of drug-likeness (QED) is 0.560. The number of hydrogen-bond acceptors (Lipinski definition) is 4. The number of aromatic nitrogens is 3. The first-order chi connectivity index (χ1) is 9.24. The van der Waals surface area contributed by atoms with Crippen LogP contribution in [0.1, 0.15) is 10.4 Å². The highest BCUT2D eigenvalue weighted by molar-refractivity contribution is 14.1. The Morgan fingerprint density at radius 3 is 2.74 bits per heavy atom. The minimum absolute atomic E-state index is 0.153. The Hall–Kier alpha value is -1.96. The second-order valence-corrected chi connectivity index (χ2v) is 4.95. The molecule has 2 aromatic heterocycles. The van der Waals surface area contributed by atoms with E-state index in [4.69, 9.17) is 4.74 Å². The lowest BCUT2D eigenvalue weighted by Crippen LogP contribution is -2.08. The molecule has 0 radical (unpaired) electrons. The van der Waals surface area contributed by atoms with Gasteiger partial charge in [0, 0.05) is 9.77 Å². The lowest BCUT2D eigenvalue weighted by atomic mass is 10.2. The van der Waals surface area contributed by atoms with Gasteiger partial charge in [-0.3, -0.25) is 0 Å². The summed E-state index contributed by atoms with van der Waals surface area (Å²) in [5, 5.41) is 0. The van der Waals surface area contributed by atoms with Gasteiger partial charge < -0.3 is 9.72 Å². The predicted octanol–water partition coefficient (Wildman–Crippen LogP) is 2.78. The number of benzene rings is 1. The van der Waals surface area contributed by atoms with Gasteiger partial charge in [0.2, 0.25) is 0 Å². The van der Waals surface area contributed by atoms with E-state index in [1.807, 2.05) is 12.1 Å². The number of aromatic amines is 1. The van der Waals surface area contributed by atoms with Crippen LogP contribution in [-0.2, 0) is 0 Å². The Balaban J connectivity index is 1.90. The molecule has 3 aromatic rings. The van der Waals surface area contributed by atoms with E-state index in [2.05, 4.69) is 37.5 Å². The van der Waals surface area contributed by atoms with E-state index in [-0.39, 0.29) is 6.01 Å². The van der Waals surface area contributed by atoms with Crippen molar-refractivity contribution in [3.8, 4) is 6.01 Å². The zero-order chi connectivity index (χ0) is 13.2. The highest BCUT2D eigenvalue weighted by Crippen LogP contribution is 2.19. The van der Waals surface area contributed by atoms with Crippen molar-refractivity contribution in [3.63, 3.8) is 0 Å². The fraction of sp³-hybridized carbons (Fsp3) is 0. The third-order valence-corrected chi connectivity index (χ3v) is 3.42. The molecule has 6 heteroatoms. The highest BCUT2D eigenvalue weighted by Gasteiger charge is 2.12. The number of esters is 1. The molecule has 5 nitrogen and oxygen atoms in total. The summed E-state index contributed by atoms with van der Waals surface area (Å²) in [4.78, 5) is 23.0. The first kappa shape index (κ1) is 12.1. The van der Waals surface area contributed by atoms with Crippen molar-refractivity contribution in [1.82, 2.24) is 15.0 Å². The number of carbonyl (C=O) groups excluding carboxylic acids is 1. The Kier molecular flexibility index (Phi) is 3.16. The van der Waals surface area contributed by atoms with Gasteiger partial charge in [-0.25, -0.2) is 9.78 Å². The molecule has 0 spiro atoms. The fourth-order valence-electron chi connectivity index (χ4n) is 1.63. The number of H-pyrrole nitrogens is 1. The third-order valence-electron chi connectivity index (χ3n) is 2.52. The number of nitrogens with zero attached hydrogens (tertiary/aromatic N) is 2. The van der Waals surface area contributed by atoms with Crippen molar-refractivity contribution >= 4 is 39.7 Å². The monoisotopic (exact) mass is 365 g/mol. The van der Waals surface area contributed by atoms with Crippen LogP contribution in [0.3, 0.4) is 0 Å². The molecular weight excluding hydrogens is 357 g/mol. The molecule has 94 valence electrons. The van der Waals surface area contributed by atoms with Crippen LogP contribution in [-0.4, -0.2) is 20.9 Å². The van der Waals surface area contributed by atoms with Gasteiger partial charge in [0.25, 0.3) is 0 Å². The summed E-state index contributed by atoms with van der Waals surface area (Å²) in [6.07, 6.45) is 1.66. The van der Waals surface area contributed by atoms with Crippen molar-refractivity contribution in [2.45, 2.75) is 0 Å². The summed E-state index contributed by atoms with van der Waals surface area (Å²) in [5.41, 5.74) is 1.77. The average molecular weight is 365 g/mol. The summed E-state index contributed by atoms with van der Waals surface area (Å²) in [5.74, 6) is -0.449. The number of ether oxygens (including phenoxy) is 1. The van der Waals surface area contributed by atoms with Gasteiger partial charge in [0.1, 0.15) is 5.52 Å². The number of hydrogen-bond donors (Lipinski definition) is 1. The molecule has 0 bridgehead atoms. The fourth-order valence-corrected chi connectivity index (χ4v) is 2.17. The molecule has 0 saturated heterocycles. The Labute approximate surface area is 122 Å². The molecule has 0 aliphatic heterocycles. The minimum atomic E-state index is -0.449. The van der Waals surface area contributed by atoms with Gasteiger partial charge in [-0.15, -0.1) is 0 Å². The van der Waals surface area contributed by atoms with Crippen LogP contribution in [0.5, 0.6) is 6.01 Å². The number of nitrogens with one attached hydrogen (secondary N) is 1. The van der Waals surface area contributed by atoms with Crippen LogP contribution in [0.4, 0.5) is 0 Å². The first-order valence-corrected chi connectivity index (χ1v) is 6.59. The summed E-state index contributed by atoms with van der Waals surface area (Å²) < 4.78 is 6.16. The maximum absolute atomic E-state index is 11.9. The van der Waals surface area contributed by atoms with Crippen LogP contribution in [0.15, 0.2) is 42.6 Å². The van der Waals surface area contributed by atoms with Gasteiger partial charge in [-0.1, -0.05) is 18.2 Å². The Morgan fingerprint density at radius 1 is 1.21 bits per heavy atom. The van der Waals surface area contributed by atoms with Crippen LogP contribution in [0.25, 0.3) is 11.2 Å². The topological polar surface area (TPSA) is 67.9 Å². The number of pyridine rings is 1. The average Bonchev–Trinajstić information content (AvgIpc) is 2.84. The normalized spacial score (nSPS) is 10.6. The molecule has 0 amide bonds. The predicted molar refractivity (Wildman–Crippen MR) is 78.0 cm³/mol. The zero-order valence-corrected chi connectivity index (χ0v) is 11.8. The summed E-state index contributed by atoms with van der Waals surface area (Å²) in [7, 11) is 0. The maximum Gasteiger partial charge on any atom is 0.345 e. The van der Waals surface area contributed by atoms with Gasteiger partial charge in [0.15, 0.2) is 5.65 Å². The summed E-state index contributed by atoms with van der Waals surface area (Å²) >= 11 is 2.16. The number of halogens is 1. The van der Waals surface area contributed by atoms with Crippen LogP contribution in [0, 0.1) is 3.57 Å². The van der Waals surface area contributed by atoms with Crippen molar-refractivity contribution in [3.05, 3.63) is 51.7 Å². The van der Waals surface area contributed by atoms with E-state index in [0.717, 1.165) is 9.09 Å². The van der Waals surface area contributed by atoms with Gasteiger partial charge in [-0.2, -0.15) is 4.98 Å². The molecule has 1 N–H and O–H groups in total. The minimum Gasteiger partial charge on any atom is -0.388 e. The smallest absolute Gasteiger partial charge is 0.345 e. The molecular formula is C13H8IN3O2. The molecule has 3 rings (SSSR count). The highest BCUT2D eigenvalue weighted by atomic mass is 127. The SMILES string of the molecule is O=C(Oc1nc2nccc(I)c2[nH]1)c1ccccc1. The van der Waals surface area contributed by atoms with Crippen LogP contribution >= 0.6 is 22.6 Å². The van der Waals surface area contributed by atoms with E-state index >= 15 is 0 Å². The Morgan fingerprint density at radius 2 is 2.00 bits per heavy atom. The number of rotatable bonds is 2. The van der Waals surface area contributed by atoms with E-state index in [0.29, 0.717) is 11.2 Å². The summed E-state index contributed by atoms with van der Waals surface area (Å²) in [6.45, 7) is 0. The van der Waals surface area contributed by atoms with E-state index in [1.165, 1.54) is 0 Å². The number of imidazole rings is 1. The second kappa shape index (κ2) is 4.96. The third kappa shape index (κ3) is 2.43. The lowest BCUT2D eigenvalue weighted by Gasteiger charge is -1.99. The Bertz CT molecular complexity index is 740. The van der Waals surface area contributed by atoms with Crippen LogP contribution < -0.4 is 4.74 Å². The lowest BCUT2D eigenvalue weighted by molar-refractivity contribution is 0.0721. The van der Waals surface area contributed by atoms with Crippen molar-refractivity contribution < 1.29 is 9.53 Å².